The molecule has 0 saturated heterocycles. The Morgan fingerprint density at radius 1 is 1.17 bits per heavy atom. The lowest BCUT2D eigenvalue weighted by Gasteiger charge is -1.94. The van der Waals surface area contributed by atoms with Gasteiger partial charge in [0.05, 0.1) is 5.56 Å². The van der Waals surface area contributed by atoms with Crippen LogP contribution in [0.3, 0.4) is 0 Å². The molecule has 0 aliphatic rings. The molecule has 0 aliphatic carbocycles. The summed E-state index contributed by atoms with van der Waals surface area (Å²) in [5.41, 5.74) is 7.44. The van der Waals surface area contributed by atoms with Gasteiger partial charge in [0.15, 0.2) is 5.82 Å². The molecule has 1 aromatic carbocycles. The Morgan fingerprint density at radius 2 is 1.92 bits per heavy atom. The van der Waals surface area contributed by atoms with E-state index in [2.05, 4.69) is 5.16 Å². The Labute approximate surface area is 69.8 Å². The molecule has 0 spiro atoms. The van der Waals surface area contributed by atoms with E-state index in [1.165, 1.54) is 0 Å². The zero-order valence-corrected chi connectivity index (χ0v) is 6.40. The van der Waals surface area contributed by atoms with Crippen LogP contribution in [0, 0.1) is 0 Å². The van der Waals surface area contributed by atoms with Gasteiger partial charge in [0.1, 0.15) is 6.26 Å². The molecule has 1 aromatic heterocycles. The average molecular weight is 160 g/mol. The molecule has 3 nitrogen and oxygen atoms in total. The van der Waals surface area contributed by atoms with Crippen molar-refractivity contribution in [2.75, 3.05) is 5.73 Å². The van der Waals surface area contributed by atoms with E-state index in [1.807, 2.05) is 30.3 Å². The van der Waals surface area contributed by atoms with E-state index < -0.39 is 0 Å². The van der Waals surface area contributed by atoms with Gasteiger partial charge in [-0.05, 0) is 5.56 Å². The van der Waals surface area contributed by atoms with Gasteiger partial charge in [-0.25, -0.2) is 0 Å². The first-order valence-electron chi connectivity index (χ1n) is 3.63. The Morgan fingerprint density at radius 3 is 2.50 bits per heavy atom. The fourth-order valence-electron chi connectivity index (χ4n) is 1.08. The van der Waals surface area contributed by atoms with Crippen molar-refractivity contribution in [1.29, 1.82) is 0 Å². The quantitative estimate of drug-likeness (QED) is 0.693. The molecule has 3 heteroatoms. The Kier molecular flexibility index (Phi) is 1.55. The maximum absolute atomic E-state index is 5.57. The molecule has 0 aliphatic heterocycles. The second-order valence-electron chi connectivity index (χ2n) is 2.48. The molecule has 0 unspecified atom stereocenters. The van der Waals surface area contributed by atoms with Crippen molar-refractivity contribution in [2.45, 2.75) is 0 Å². The number of nitrogens with zero attached hydrogens (tertiary/aromatic N) is 1. The van der Waals surface area contributed by atoms with Crippen LogP contribution < -0.4 is 5.73 Å². The summed E-state index contributed by atoms with van der Waals surface area (Å²) in [6.45, 7) is 0. The first kappa shape index (κ1) is 6.91. The molecule has 0 saturated carbocycles. The highest BCUT2D eigenvalue weighted by atomic mass is 16.5. The fraction of sp³-hybridized carbons (Fsp3) is 0. The highest BCUT2D eigenvalue weighted by Gasteiger charge is 2.04. The van der Waals surface area contributed by atoms with Gasteiger partial charge in [0.2, 0.25) is 0 Å². The Hall–Kier alpha value is -1.77. The molecule has 2 rings (SSSR count). The third kappa shape index (κ3) is 1.05. The zero-order chi connectivity index (χ0) is 8.39. The van der Waals surface area contributed by atoms with E-state index in [4.69, 9.17) is 10.3 Å². The second-order valence-corrected chi connectivity index (χ2v) is 2.48. The largest absolute Gasteiger partial charge is 0.380 e. The number of nitrogens with two attached hydrogens (primary N) is 1. The maximum Gasteiger partial charge on any atom is 0.174 e. The van der Waals surface area contributed by atoms with Crippen LogP contribution in [0.25, 0.3) is 11.1 Å². The molecule has 2 aromatic rings. The predicted octanol–water partition coefficient (Wildman–Crippen LogP) is 1.92. The second kappa shape index (κ2) is 2.70. The van der Waals surface area contributed by atoms with Crippen molar-refractivity contribution in [3.05, 3.63) is 36.6 Å². The van der Waals surface area contributed by atoms with E-state index in [-0.39, 0.29) is 0 Å². The third-order valence-electron chi connectivity index (χ3n) is 1.68. The van der Waals surface area contributed by atoms with Crippen LogP contribution in [0.1, 0.15) is 0 Å². The van der Waals surface area contributed by atoms with Gasteiger partial charge in [-0.2, -0.15) is 0 Å². The monoisotopic (exact) mass is 160 g/mol. The summed E-state index contributed by atoms with van der Waals surface area (Å²) in [5, 5.41) is 3.60. The van der Waals surface area contributed by atoms with Crippen molar-refractivity contribution in [2.24, 2.45) is 0 Å². The number of hydrogen-bond donors (Lipinski definition) is 1. The minimum Gasteiger partial charge on any atom is -0.380 e. The Balaban J connectivity index is 2.51. The van der Waals surface area contributed by atoms with Gasteiger partial charge in [-0.1, -0.05) is 35.5 Å². The summed E-state index contributed by atoms with van der Waals surface area (Å²) < 4.78 is 4.72. The lowest BCUT2D eigenvalue weighted by atomic mass is 10.1. The van der Waals surface area contributed by atoms with Crippen LogP contribution in [-0.4, -0.2) is 5.16 Å². The number of hydrogen-bond acceptors (Lipinski definition) is 3. The normalized spacial score (nSPS) is 10.0. The summed E-state index contributed by atoms with van der Waals surface area (Å²) in [4.78, 5) is 0. The highest BCUT2D eigenvalue weighted by Crippen LogP contribution is 2.23. The van der Waals surface area contributed by atoms with Crippen LogP contribution in [0.5, 0.6) is 0 Å². The standard InChI is InChI=1S/C9H8N2O/c10-9-8(6-12-11-9)7-4-2-1-3-5-7/h1-6H,(H2,10,11). The van der Waals surface area contributed by atoms with Gasteiger partial charge in [-0.3, -0.25) is 0 Å². The van der Waals surface area contributed by atoms with Crippen molar-refractivity contribution in [1.82, 2.24) is 5.16 Å². The summed E-state index contributed by atoms with van der Waals surface area (Å²) in [6, 6.07) is 9.77. The molecule has 2 N–H and O–H groups in total. The lowest BCUT2D eigenvalue weighted by molar-refractivity contribution is 0.423. The third-order valence-corrected chi connectivity index (χ3v) is 1.68. The molecule has 12 heavy (non-hydrogen) atoms. The molecular weight excluding hydrogens is 152 g/mol. The summed E-state index contributed by atoms with van der Waals surface area (Å²) in [5.74, 6) is 0.432. The van der Waals surface area contributed by atoms with Crippen molar-refractivity contribution >= 4 is 5.82 Å². The summed E-state index contributed by atoms with van der Waals surface area (Å²) >= 11 is 0. The summed E-state index contributed by atoms with van der Waals surface area (Å²) in [7, 11) is 0. The topological polar surface area (TPSA) is 52.0 Å². The van der Waals surface area contributed by atoms with E-state index >= 15 is 0 Å². The van der Waals surface area contributed by atoms with E-state index in [9.17, 15) is 0 Å². The molecule has 0 atom stereocenters. The summed E-state index contributed by atoms with van der Waals surface area (Å²) in [6.07, 6.45) is 1.55. The van der Waals surface area contributed by atoms with Gasteiger partial charge in [-0.15, -0.1) is 0 Å². The van der Waals surface area contributed by atoms with Crippen LogP contribution in [0.2, 0.25) is 0 Å². The molecular formula is C9H8N2O. The van der Waals surface area contributed by atoms with Crippen LogP contribution in [-0.2, 0) is 0 Å². The van der Waals surface area contributed by atoms with E-state index in [0.717, 1.165) is 11.1 Å². The van der Waals surface area contributed by atoms with E-state index in [1.54, 1.807) is 6.26 Å². The molecule has 1 heterocycles. The SMILES string of the molecule is Nc1nocc1-c1ccccc1. The minimum atomic E-state index is 0.432. The number of benzene rings is 1. The van der Waals surface area contributed by atoms with Gasteiger partial charge in [0, 0.05) is 0 Å². The fourth-order valence-corrected chi connectivity index (χ4v) is 1.08. The zero-order valence-electron chi connectivity index (χ0n) is 6.40. The van der Waals surface area contributed by atoms with Crippen LogP contribution in [0.4, 0.5) is 5.82 Å². The Bertz CT molecular complexity index is 367. The molecule has 0 fully saturated rings. The predicted molar refractivity (Wildman–Crippen MR) is 46.4 cm³/mol. The molecule has 60 valence electrons. The molecule has 0 bridgehead atoms. The van der Waals surface area contributed by atoms with Gasteiger partial charge in [0.25, 0.3) is 0 Å². The lowest BCUT2D eigenvalue weighted by Crippen LogP contribution is -1.86. The molecule has 0 radical (unpaired) electrons. The molecule has 0 amide bonds. The van der Waals surface area contributed by atoms with Crippen molar-refractivity contribution < 1.29 is 4.52 Å². The number of rotatable bonds is 1. The number of aromatic nitrogens is 1. The first-order chi connectivity index (χ1) is 5.88. The minimum absolute atomic E-state index is 0.432. The van der Waals surface area contributed by atoms with Crippen LogP contribution in [0.15, 0.2) is 41.1 Å². The number of anilines is 1. The highest BCUT2D eigenvalue weighted by molar-refractivity contribution is 5.72. The van der Waals surface area contributed by atoms with Gasteiger partial charge < -0.3 is 10.3 Å². The van der Waals surface area contributed by atoms with Crippen molar-refractivity contribution in [3.8, 4) is 11.1 Å². The number of nitrogen functional groups attached to an aromatic ring is 1. The maximum atomic E-state index is 5.57. The smallest absolute Gasteiger partial charge is 0.174 e. The first-order valence-corrected chi connectivity index (χ1v) is 3.63. The van der Waals surface area contributed by atoms with Crippen molar-refractivity contribution in [3.63, 3.8) is 0 Å². The van der Waals surface area contributed by atoms with Crippen LogP contribution >= 0.6 is 0 Å². The van der Waals surface area contributed by atoms with E-state index in [0.29, 0.717) is 5.82 Å². The average Bonchev–Trinajstić information content (AvgIpc) is 2.53. The van der Waals surface area contributed by atoms with Gasteiger partial charge >= 0.3 is 0 Å².